The molecular weight excluding hydrogens is 472 g/mol. The lowest BCUT2D eigenvalue weighted by Gasteiger charge is -2.18. The van der Waals surface area contributed by atoms with Crippen LogP contribution in [0.15, 0.2) is 33.9 Å². The maximum Gasteiger partial charge on any atom is 0.352 e. The molecule has 0 fully saturated rings. The zero-order chi connectivity index (χ0) is 27.0. The predicted octanol–water partition coefficient (Wildman–Crippen LogP) is 8.12. The number of hydrogen-bond donors (Lipinski definition) is 0. The quantitative estimate of drug-likeness (QED) is 0.111. The number of unbranched alkanes of at least 4 members (excludes halogenated alkanes) is 16. The number of benzene rings is 1. The van der Waals surface area contributed by atoms with Gasteiger partial charge in [0.15, 0.2) is 11.5 Å². The topological polar surface area (TPSA) is 69.8 Å². The van der Waals surface area contributed by atoms with Crippen LogP contribution in [-0.2, 0) is 13.1 Å². The molecule has 0 amide bonds. The lowest BCUT2D eigenvalue weighted by atomic mass is 10.0. The standard InChI is InChI=1S/C32H50N4O2/c1-3-5-7-9-10-11-12-13-14-15-16-17-18-22-25-35-28-24-20-19-23-27(28)33-29-30(35)34-32(38)36(31(29)37)26-21-8-6-4-2/h19-20,23-24H,3-18,21-22,25-26H2,1-2H3. The highest BCUT2D eigenvalue weighted by atomic mass is 16.2. The van der Waals surface area contributed by atoms with Crippen molar-refractivity contribution >= 4 is 11.0 Å². The molecule has 0 unspecified atom stereocenters. The molecule has 0 radical (unpaired) electrons. The number of hydrogen-bond acceptors (Lipinski definition) is 4. The molecule has 3 rings (SSSR count). The summed E-state index contributed by atoms with van der Waals surface area (Å²) in [6.45, 7) is 5.57. The zero-order valence-electron chi connectivity index (χ0n) is 24.1. The SMILES string of the molecule is CCCCCCCCCCCCCCCCn1c2nc(=O)n(CCCCCC)c(=O)c-2nc2ccccc21. The van der Waals surface area contributed by atoms with Crippen LogP contribution in [0.25, 0.3) is 22.6 Å². The summed E-state index contributed by atoms with van der Waals surface area (Å²) in [5.41, 5.74) is 1.26. The highest BCUT2D eigenvalue weighted by Crippen LogP contribution is 2.22. The second kappa shape index (κ2) is 17.2. The first-order valence-electron chi connectivity index (χ1n) is 15.6. The Bertz CT molecular complexity index is 1170. The minimum absolute atomic E-state index is 0.308. The summed E-state index contributed by atoms with van der Waals surface area (Å²) in [6.07, 6.45) is 22.5. The Morgan fingerprint density at radius 1 is 0.579 bits per heavy atom. The van der Waals surface area contributed by atoms with E-state index in [2.05, 4.69) is 23.8 Å². The van der Waals surface area contributed by atoms with Gasteiger partial charge in [-0.25, -0.2) is 9.78 Å². The van der Waals surface area contributed by atoms with E-state index >= 15 is 0 Å². The van der Waals surface area contributed by atoms with Gasteiger partial charge in [-0.1, -0.05) is 129 Å². The van der Waals surface area contributed by atoms with Gasteiger partial charge in [0.05, 0.1) is 11.0 Å². The Labute approximate surface area is 229 Å². The fraction of sp³-hybridized carbons (Fsp3) is 0.688. The maximum absolute atomic E-state index is 13.3. The molecule has 6 nitrogen and oxygen atoms in total. The minimum atomic E-state index is -0.453. The molecule has 1 aromatic rings. The van der Waals surface area contributed by atoms with E-state index in [9.17, 15) is 9.59 Å². The first kappa shape index (κ1) is 30.0. The number of fused-ring (bicyclic) bond motifs is 2. The smallest absolute Gasteiger partial charge is 0.322 e. The molecule has 210 valence electrons. The molecule has 6 heteroatoms. The predicted molar refractivity (Wildman–Crippen MR) is 159 cm³/mol. The van der Waals surface area contributed by atoms with Crippen LogP contribution in [0.5, 0.6) is 0 Å². The highest BCUT2D eigenvalue weighted by molar-refractivity contribution is 5.79. The molecule has 2 aliphatic heterocycles. The van der Waals surface area contributed by atoms with E-state index in [0.717, 1.165) is 56.1 Å². The number of rotatable bonds is 20. The molecule has 1 aromatic carbocycles. The third kappa shape index (κ3) is 9.06. The van der Waals surface area contributed by atoms with Crippen LogP contribution in [-0.4, -0.2) is 19.1 Å². The number of aromatic nitrogens is 4. The summed E-state index contributed by atoms with van der Waals surface area (Å²) < 4.78 is 3.32. The van der Waals surface area contributed by atoms with Crippen molar-refractivity contribution in [2.24, 2.45) is 0 Å². The van der Waals surface area contributed by atoms with E-state index in [1.165, 1.54) is 81.6 Å². The average Bonchev–Trinajstić information content (AvgIpc) is 2.92. The van der Waals surface area contributed by atoms with E-state index in [4.69, 9.17) is 0 Å². The fourth-order valence-corrected chi connectivity index (χ4v) is 5.41. The number of aryl methyl sites for hydroxylation is 1. The van der Waals surface area contributed by atoms with Gasteiger partial charge in [0.2, 0.25) is 0 Å². The van der Waals surface area contributed by atoms with Crippen molar-refractivity contribution in [1.29, 1.82) is 0 Å². The summed E-state index contributed by atoms with van der Waals surface area (Å²) in [6, 6.07) is 7.86. The van der Waals surface area contributed by atoms with Crippen LogP contribution < -0.4 is 11.2 Å². The normalized spacial score (nSPS) is 11.6. The molecule has 38 heavy (non-hydrogen) atoms. The third-order valence-electron chi connectivity index (χ3n) is 7.72. The molecule has 0 atom stereocenters. The summed E-state index contributed by atoms with van der Waals surface area (Å²) in [7, 11) is 0. The Morgan fingerprint density at radius 2 is 1.05 bits per heavy atom. The van der Waals surface area contributed by atoms with E-state index in [0.29, 0.717) is 18.1 Å². The third-order valence-corrected chi connectivity index (χ3v) is 7.72. The summed E-state index contributed by atoms with van der Waals surface area (Å²) >= 11 is 0. The highest BCUT2D eigenvalue weighted by Gasteiger charge is 2.21. The first-order valence-corrected chi connectivity index (χ1v) is 15.6. The van der Waals surface area contributed by atoms with Crippen LogP contribution in [0.3, 0.4) is 0 Å². The molecule has 0 saturated heterocycles. The number of para-hydroxylation sites is 2. The van der Waals surface area contributed by atoms with Crippen molar-refractivity contribution in [3.05, 3.63) is 45.1 Å². The van der Waals surface area contributed by atoms with Crippen molar-refractivity contribution in [3.8, 4) is 11.5 Å². The van der Waals surface area contributed by atoms with Crippen LogP contribution in [0, 0.1) is 0 Å². The maximum atomic E-state index is 13.3. The van der Waals surface area contributed by atoms with Gasteiger partial charge in [0, 0.05) is 13.1 Å². The van der Waals surface area contributed by atoms with Crippen molar-refractivity contribution in [3.63, 3.8) is 0 Å². The molecule has 0 saturated carbocycles. The number of nitrogens with zero attached hydrogens (tertiary/aromatic N) is 4. The Kier molecular flexibility index (Phi) is 13.6. The second-order valence-corrected chi connectivity index (χ2v) is 10.9. The largest absolute Gasteiger partial charge is 0.352 e. The van der Waals surface area contributed by atoms with Crippen molar-refractivity contribution < 1.29 is 0 Å². The Balaban J connectivity index is 1.52. The van der Waals surface area contributed by atoms with Crippen LogP contribution in [0.2, 0.25) is 0 Å². The van der Waals surface area contributed by atoms with Crippen LogP contribution in [0.1, 0.15) is 129 Å². The molecule has 0 N–H and O–H groups in total. The lowest BCUT2D eigenvalue weighted by molar-refractivity contribution is 0.523. The summed E-state index contributed by atoms with van der Waals surface area (Å²) in [4.78, 5) is 35.1. The molecular formula is C32H50N4O2. The molecule has 0 bridgehead atoms. The molecule has 0 aliphatic carbocycles. The second-order valence-electron chi connectivity index (χ2n) is 10.9. The van der Waals surface area contributed by atoms with Crippen molar-refractivity contribution in [2.75, 3.05) is 0 Å². The van der Waals surface area contributed by atoms with Gasteiger partial charge < -0.3 is 4.57 Å². The monoisotopic (exact) mass is 522 g/mol. The van der Waals surface area contributed by atoms with E-state index in [1.54, 1.807) is 0 Å². The van der Waals surface area contributed by atoms with E-state index in [-0.39, 0.29) is 5.56 Å². The minimum Gasteiger partial charge on any atom is -0.322 e. The van der Waals surface area contributed by atoms with Gasteiger partial charge in [-0.05, 0) is 25.0 Å². The van der Waals surface area contributed by atoms with Crippen molar-refractivity contribution in [2.45, 2.75) is 143 Å². The Hall–Kier alpha value is -2.50. The van der Waals surface area contributed by atoms with Crippen molar-refractivity contribution in [1.82, 2.24) is 19.1 Å². The van der Waals surface area contributed by atoms with Crippen LogP contribution in [0.4, 0.5) is 0 Å². The van der Waals surface area contributed by atoms with Gasteiger partial charge in [-0.2, -0.15) is 4.98 Å². The lowest BCUT2D eigenvalue weighted by Crippen LogP contribution is -2.38. The summed E-state index contributed by atoms with van der Waals surface area (Å²) in [5.74, 6) is 0.429. The fourth-order valence-electron chi connectivity index (χ4n) is 5.41. The molecule has 0 spiro atoms. The molecule has 0 aromatic heterocycles. The molecule has 2 aliphatic rings. The van der Waals surface area contributed by atoms with Gasteiger partial charge in [-0.15, -0.1) is 0 Å². The van der Waals surface area contributed by atoms with E-state index in [1.807, 2.05) is 28.8 Å². The van der Waals surface area contributed by atoms with Gasteiger partial charge in [0.1, 0.15) is 0 Å². The molecule has 2 heterocycles. The van der Waals surface area contributed by atoms with Gasteiger partial charge >= 0.3 is 5.69 Å². The van der Waals surface area contributed by atoms with Gasteiger partial charge in [0.25, 0.3) is 5.56 Å². The zero-order valence-corrected chi connectivity index (χ0v) is 24.1. The average molecular weight is 523 g/mol. The van der Waals surface area contributed by atoms with Crippen LogP contribution >= 0.6 is 0 Å². The summed E-state index contributed by atoms with van der Waals surface area (Å²) in [5, 5.41) is 0. The van der Waals surface area contributed by atoms with Gasteiger partial charge in [-0.3, -0.25) is 9.36 Å². The first-order chi connectivity index (χ1) is 18.7. The Morgan fingerprint density at radius 3 is 1.63 bits per heavy atom. The van der Waals surface area contributed by atoms with E-state index < -0.39 is 5.69 Å².